The average Bonchev–Trinajstić information content (AvgIpc) is 2.87. The van der Waals surface area contributed by atoms with E-state index in [9.17, 15) is 9.59 Å². The second-order valence-electron chi connectivity index (χ2n) is 8.12. The summed E-state index contributed by atoms with van der Waals surface area (Å²) in [5.41, 5.74) is 2.13. The van der Waals surface area contributed by atoms with Gasteiger partial charge < -0.3 is 14.5 Å². The molecule has 1 aliphatic heterocycles. The van der Waals surface area contributed by atoms with Crippen LogP contribution in [0.15, 0.2) is 18.2 Å². The zero-order valence-corrected chi connectivity index (χ0v) is 17.5. The number of benzene rings is 1. The molecule has 1 aromatic carbocycles. The number of rotatable bonds is 6. The number of methoxy groups -OCH3 is 1. The quantitative estimate of drug-likeness (QED) is 0.766. The molecule has 2 rings (SSSR count). The SMILES string of the molecule is COc1cc(C(C)C)ccc1CC(=O)N1CCCN(C(=O)CC(C)C)CC1. The first-order chi connectivity index (χ1) is 12.8. The summed E-state index contributed by atoms with van der Waals surface area (Å²) in [6, 6.07) is 6.11. The predicted molar refractivity (Wildman–Crippen MR) is 108 cm³/mol. The predicted octanol–water partition coefficient (Wildman–Crippen LogP) is 3.47. The molecule has 0 unspecified atom stereocenters. The monoisotopic (exact) mass is 374 g/mol. The molecule has 5 heteroatoms. The van der Waals surface area contributed by atoms with Gasteiger partial charge in [-0.15, -0.1) is 0 Å². The lowest BCUT2D eigenvalue weighted by Crippen LogP contribution is -2.38. The number of amides is 2. The van der Waals surface area contributed by atoms with E-state index in [1.54, 1.807) is 7.11 Å². The van der Waals surface area contributed by atoms with Crippen LogP contribution in [-0.4, -0.2) is 54.9 Å². The molecule has 0 atom stereocenters. The van der Waals surface area contributed by atoms with Gasteiger partial charge in [0, 0.05) is 38.2 Å². The van der Waals surface area contributed by atoms with Gasteiger partial charge in [-0.05, 0) is 29.9 Å². The molecule has 1 aliphatic rings. The Labute approximate surface area is 163 Å². The fourth-order valence-corrected chi connectivity index (χ4v) is 3.44. The van der Waals surface area contributed by atoms with Crippen LogP contribution < -0.4 is 4.74 Å². The minimum absolute atomic E-state index is 0.101. The summed E-state index contributed by atoms with van der Waals surface area (Å²) in [7, 11) is 1.65. The Morgan fingerprint density at radius 3 is 2.19 bits per heavy atom. The zero-order valence-electron chi connectivity index (χ0n) is 17.5. The molecule has 27 heavy (non-hydrogen) atoms. The summed E-state index contributed by atoms with van der Waals surface area (Å²) in [4.78, 5) is 28.9. The van der Waals surface area contributed by atoms with Crippen molar-refractivity contribution in [1.29, 1.82) is 0 Å². The van der Waals surface area contributed by atoms with E-state index in [1.165, 1.54) is 5.56 Å². The van der Waals surface area contributed by atoms with Crippen LogP contribution in [0.1, 0.15) is 57.6 Å². The van der Waals surface area contributed by atoms with Gasteiger partial charge in [0.05, 0.1) is 13.5 Å². The van der Waals surface area contributed by atoms with E-state index in [2.05, 4.69) is 33.8 Å². The van der Waals surface area contributed by atoms with E-state index in [4.69, 9.17) is 4.74 Å². The third kappa shape index (κ3) is 5.98. The van der Waals surface area contributed by atoms with Crippen LogP contribution in [0.5, 0.6) is 5.75 Å². The Balaban J connectivity index is 1.99. The van der Waals surface area contributed by atoms with E-state index in [-0.39, 0.29) is 11.8 Å². The van der Waals surface area contributed by atoms with Crippen LogP contribution in [0.25, 0.3) is 0 Å². The molecule has 0 N–H and O–H groups in total. The van der Waals surface area contributed by atoms with Crippen molar-refractivity contribution >= 4 is 11.8 Å². The van der Waals surface area contributed by atoms with Crippen molar-refractivity contribution in [2.75, 3.05) is 33.3 Å². The van der Waals surface area contributed by atoms with Gasteiger partial charge in [-0.2, -0.15) is 0 Å². The second-order valence-corrected chi connectivity index (χ2v) is 8.12. The minimum Gasteiger partial charge on any atom is -0.496 e. The van der Waals surface area contributed by atoms with Gasteiger partial charge in [0.15, 0.2) is 0 Å². The van der Waals surface area contributed by atoms with Crippen molar-refractivity contribution in [2.45, 2.75) is 52.9 Å². The van der Waals surface area contributed by atoms with Crippen molar-refractivity contribution < 1.29 is 14.3 Å². The first-order valence-electron chi connectivity index (χ1n) is 10.0. The van der Waals surface area contributed by atoms with Crippen LogP contribution in [0.3, 0.4) is 0 Å². The van der Waals surface area contributed by atoms with Crippen molar-refractivity contribution in [3.63, 3.8) is 0 Å². The molecule has 0 aliphatic carbocycles. The summed E-state index contributed by atoms with van der Waals surface area (Å²) in [5.74, 6) is 1.86. The van der Waals surface area contributed by atoms with Crippen LogP contribution >= 0.6 is 0 Å². The summed E-state index contributed by atoms with van der Waals surface area (Å²) >= 11 is 0. The molecular formula is C22H34N2O3. The summed E-state index contributed by atoms with van der Waals surface area (Å²) in [6.07, 6.45) is 1.74. The zero-order chi connectivity index (χ0) is 20.0. The highest BCUT2D eigenvalue weighted by atomic mass is 16.5. The van der Waals surface area contributed by atoms with Gasteiger partial charge in [-0.3, -0.25) is 9.59 Å². The fraction of sp³-hybridized carbons (Fsp3) is 0.636. The molecule has 2 amide bonds. The van der Waals surface area contributed by atoms with Gasteiger partial charge in [0.1, 0.15) is 5.75 Å². The Morgan fingerprint density at radius 2 is 1.63 bits per heavy atom. The van der Waals surface area contributed by atoms with Crippen LogP contribution in [-0.2, 0) is 16.0 Å². The van der Waals surface area contributed by atoms with E-state index in [0.717, 1.165) is 24.3 Å². The highest BCUT2D eigenvalue weighted by Crippen LogP contribution is 2.25. The molecule has 0 radical (unpaired) electrons. The largest absolute Gasteiger partial charge is 0.496 e. The molecule has 0 saturated carbocycles. The maximum absolute atomic E-state index is 12.8. The maximum Gasteiger partial charge on any atom is 0.227 e. The van der Waals surface area contributed by atoms with Gasteiger partial charge in [-0.1, -0.05) is 39.8 Å². The number of nitrogens with zero attached hydrogens (tertiary/aromatic N) is 2. The highest BCUT2D eigenvalue weighted by molar-refractivity contribution is 5.80. The lowest BCUT2D eigenvalue weighted by Gasteiger charge is -2.23. The molecule has 5 nitrogen and oxygen atoms in total. The van der Waals surface area contributed by atoms with E-state index in [0.29, 0.717) is 44.3 Å². The summed E-state index contributed by atoms with van der Waals surface area (Å²) < 4.78 is 5.51. The molecular weight excluding hydrogens is 340 g/mol. The molecule has 0 aromatic heterocycles. The van der Waals surface area contributed by atoms with E-state index >= 15 is 0 Å². The average molecular weight is 375 g/mol. The standard InChI is InChI=1S/C22H34N2O3/c1-16(2)13-21(25)23-9-6-10-24(12-11-23)22(26)15-19-8-7-18(17(3)4)14-20(19)27-5/h7-8,14,16-17H,6,9-13,15H2,1-5H3. The molecule has 150 valence electrons. The van der Waals surface area contributed by atoms with Gasteiger partial charge in [0.2, 0.25) is 11.8 Å². The number of hydrogen-bond acceptors (Lipinski definition) is 3. The van der Waals surface area contributed by atoms with Crippen LogP contribution in [0.2, 0.25) is 0 Å². The topological polar surface area (TPSA) is 49.9 Å². The third-order valence-electron chi connectivity index (χ3n) is 5.10. The molecule has 0 spiro atoms. The smallest absolute Gasteiger partial charge is 0.227 e. The Morgan fingerprint density at radius 1 is 1.00 bits per heavy atom. The fourth-order valence-electron chi connectivity index (χ4n) is 3.44. The number of carbonyl (C=O) groups excluding carboxylic acids is 2. The molecule has 1 saturated heterocycles. The van der Waals surface area contributed by atoms with Crippen LogP contribution in [0, 0.1) is 5.92 Å². The van der Waals surface area contributed by atoms with Gasteiger partial charge in [0.25, 0.3) is 0 Å². The molecule has 0 bridgehead atoms. The normalized spacial score (nSPS) is 15.2. The van der Waals surface area contributed by atoms with E-state index < -0.39 is 0 Å². The van der Waals surface area contributed by atoms with Crippen LogP contribution in [0.4, 0.5) is 0 Å². The Hall–Kier alpha value is -2.04. The highest BCUT2D eigenvalue weighted by Gasteiger charge is 2.23. The molecule has 1 aromatic rings. The first kappa shape index (κ1) is 21.3. The summed E-state index contributed by atoms with van der Waals surface area (Å²) in [5, 5.41) is 0. The Kier molecular flexibility index (Phi) is 7.69. The molecule has 1 heterocycles. The first-order valence-corrected chi connectivity index (χ1v) is 10.0. The lowest BCUT2D eigenvalue weighted by atomic mass is 9.99. The van der Waals surface area contributed by atoms with Crippen molar-refractivity contribution in [2.24, 2.45) is 5.92 Å². The van der Waals surface area contributed by atoms with E-state index in [1.807, 2.05) is 21.9 Å². The second kappa shape index (κ2) is 9.77. The Bertz CT molecular complexity index is 655. The maximum atomic E-state index is 12.8. The van der Waals surface area contributed by atoms with Crippen molar-refractivity contribution in [1.82, 2.24) is 9.80 Å². The van der Waals surface area contributed by atoms with Crippen molar-refractivity contribution in [3.8, 4) is 5.75 Å². The molecule has 1 fully saturated rings. The summed E-state index contributed by atoms with van der Waals surface area (Å²) in [6.45, 7) is 11.1. The minimum atomic E-state index is 0.101. The van der Waals surface area contributed by atoms with Crippen molar-refractivity contribution in [3.05, 3.63) is 29.3 Å². The number of ether oxygens (including phenoxy) is 1. The number of carbonyl (C=O) groups is 2. The lowest BCUT2D eigenvalue weighted by molar-refractivity contribution is -0.133. The third-order valence-corrected chi connectivity index (χ3v) is 5.10. The number of hydrogen-bond donors (Lipinski definition) is 0. The van der Waals surface area contributed by atoms with Gasteiger partial charge >= 0.3 is 0 Å². The van der Waals surface area contributed by atoms with Gasteiger partial charge in [-0.25, -0.2) is 0 Å².